The van der Waals surface area contributed by atoms with Gasteiger partial charge in [0.25, 0.3) is 0 Å². The van der Waals surface area contributed by atoms with Crippen LogP contribution in [-0.4, -0.2) is 144 Å². The summed E-state index contributed by atoms with van der Waals surface area (Å²) in [4.78, 5) is 41.9. The maximum absolute atomic E-state index is 11.6. The Hall–Kier alpha value is -4.12. The first-order valence-corrected chi connectivity index (χ1v) is 19.7. The van der Waals surface area contributed by atoms with Crippen molar-refractivity contribution in [1.29, 1.82) is 0 Å². The van der Waals surface area contributed by atoms with E-state index >= 15 is 0 Å². The van der Waals surface area contributed by atoms with Gasteiger partial charge in [0.2, 0.25) is 0 Å². The Morgan fingerprint density at radius 2 is 0.724 bits per heavy atom. The molecule has 1 saturated heterocycles. The van der Waals surface area contributed by atoms with Gasteiger partial charge < -0.3 is 56.7 Å². The second-order valence-corrected chi connectivity index (χ2v) is 16.5. The van der Waals surface area contributed by atoms with Gasteiger partial charge in [-0.2, -0.15) is 0 Å². The van der Waals surface area contributed by atoms with Crippen LogP contribution in [0, 0.1) is 0 Å². The molecule has 58 heavy (non-hydrogen) atoms. The van der Waals surface area contributed by atoms with Gasteiger partial charge in [0, 0.05) is 85.6 Å². The van der Waals surface area contributed by atoms with E-state index in [1.165, 1.54) is 21.5 Å². The van der Waals surface area contributed by atoms with E-state index in [1.807, 2.05) is 0 Å². The number of aliphatic carboxylic acids is 3. The zero-order valence-electron chi connectivity index (χ0n) is 32.7. The molecule has 0 unspecified atom stereocenters. The molecule has 17 heteroatoms. The van der Waals surface area contributed by atoms with Crippen LogP contribution in [-0.2, 0) is 44.2 Å². The standard InChI is InChI=1S/C40H47N4O6P.CH4O.Mn.4H2O/c45-38(46)29-42-22-20-41(21-23-43(30-39(47)48)25-27-44(26-24-42)31-40(49)50)28-33-16-18-34(19-17-33)32-51(35-10-4-1-5-11-35,36-12-6-2-7-13-36)37-14-8-3-9-15-37;1-2;;;;;/h1-19H,20-32H2,(H2-,45,46,47,48,49,50);2H,1H3;;4*1H2/q;;+2;;;;/p-2. The molecule has 4 aromatic rings. The van der Waals surface area contributed by atoms with Crippen LogP contribution in [0.5, 0.6) is 0 Å². The number of benzene rings is 4. The predicted molar refractivity (Wildman–Crippen MR) is 218 cm³/mol. The van der Waals surface area contributed by atoms with Crippen LogP contribution in [0.4, 0.5) is 0 Å². The molecule has 9 N–H and O–H groups in total. The Morgan fingerprint density at radius 1 is 0.466 bits per heavy atom. The van der Waals surface area contributed by atoms with Crippen molar-refractivity contribution in [3.8, 4) is 0 Å². The molecule has 15 nitrogen and oxygen atoms in total. The van der Waals surface area contributed by atoms with Crippen LogP contribution < -0.4 is 31.2 Å². The average molecular weight is 868 g/mol. The van der Waals surface area contributed by atoms with Gasteiger partial charge in [-0.15, -0.1) is 0 Å². The molecule has 1 aliphatic heterocycles. The van der Waals surface area contributed by atoms with Gasteiger partial charge in [0.1, 0.15) is 23.2 Å². The second kappa shape index (κ2) is 29.1. The second-order valence-electron chi connectivity index (χ2n) is 13.0. The number of carboxylic acid groups (broad SMARTS) is 3. The van der Waals surface area contributed by atoms with Crippen molar-refractivity contribution in [3.05, 3.63) is 126 Å². The number of aliphatic hydroxyl groups is 1. The third kappa shape index (κ3) is 17.0. The van der Waals surface area contributed by atoms with E-state index in [0.717, 1.165) is 18.8 Å². The third-order valence-corrected chi connectivity index (χ3v) is 13.8. The monoisotopic (exact) mass is 867 g/mol. The minimum absolute atomic E-state index is 0. The Morgan fingerprint density at radius 3 is 1.00 bits per heavy atom. The van der Waals surface area contributed by atoms with Crippen LogP contribution in [0.25, 0.3) is 0 Å². The van der Waals surface area contributed by atoms with Crippen LogP contribution >= 0.6 is 7.26 Å². The molecule has 0 aliphatic carbocycles. The summed E-state index contributed by atoms with van der Waals surface area (Å²) in [5.74, 6) is -3.64. The first-order chi connectivity index (χ1) is 25.7. The van der Waals surface area contributed by atoms with E-state index in [1.54, 1.807) is 14.7 Å². The van der Waals surface area contributed by atoms with E-state index in [-0.39, 0.29) is 58.6 Å². The fourth-order valence-corrected chi connectivity index (χ4v) is 11.1. The average Bonchev–Trinajstić information content (AvgIpc) is 3.17. The van der Waals surface area contributed by atoms with Gasteiger partial charge in [-0.1, -0.05) is 78.9 Å². The van der Waals surface area contributed by atoms with Crippen molar-refractivity contribution in [3.63, 3.8) is 0 Å². The summed E-state index contributed by atoms with van der Waals surface area (Å²) in [7, 11) is -1.07. The number of rotatable bonds is 13. The van der Waals surface area contributed by atoms with Gasteiger partial charge in [-0.05, 0) is 47.5 Å². The van der Waals surface area contributed by atoms with Crippen molar-refractivity contribution < 1.29 is 73.8 Å². The van der Waals surface area contributed by atoms with Crippen LogP contribution in [0.1, 0.15) is 11.1 Å². The fraction of sp³-hybridized carbons (Fsp3) is 0.341. The summed E-state index contributed by atoms with van der Waals surface area (Å²) in [6.45, 7) is 2.84. The SMILES string of the molecule is CO.O.O.O.O.O=C([O-])CN1CCN(CC(=O)[O-])CCN(Cc2ccc(C[P+](c3ccccc3)(c3ccccc3)c3ccccc3)cc2)CCN(CC(=O)[O-])CC1.[Mn+2]. The van der Waals surface area contributed by atoms with Crippen molar-refractivity contribution in [2.24, 2.45) is 0 Å². The Labute approximate surface area is 351 Å². The Balaban J connectivity index is 0. The molecule has 4 aromatic carbocycles. The molecular weight excluding hydrogens is 810 g/mol. The number of nitrogens with zero attached hydrogens (tertiary/aromatic N) is 4. The van der Waals surface area contributed by atoms with Crippen molar-refractivity contribution in [2.45, 2.75) is 12.7 Å². The summed E-state index contributed by atoms with van der Waals surface area (Å²) in [5, 5.41) is 45.5. The zero-order valence-corrected chi connectivity index (χ0v) is 34.7. The predicted octanol–water partition coefficient (Wildman–Crippen LogP) is -4.54. The molecule has 0 atom stereocenters. The van der Waals surface area contributed by atoms with Crippen molar-refractivity contribution in [1.82, 2.24) is 19.6 Å². The van der Waals surface area contributed by atoms with Crippen molar-refractivity contribution >= 4 is 41.1 Å². The Kier molecular flexibility index (Phi) is 28.1. The van der Waals surface area contributed by atoms with Gasteiger partial charge in [0.05, 0.1) is 24.1 Å². The largest absolute Gasteiger partial charge is 2.00 e. The normalized spacial score (nSPS) is 14.3. The van der Waals surface area contributed by atoms with E-state index in [9.17, 15) is 29.7 Å². The van der Waals surface area contributed by atoms with Gasteiger partial charge >= 0.3 is 17.1 Å². The molecule has 5 rings (SSSR count). The summed E-state index contributed by atoms with van der Waals surface area (Å²) in [6, 6.07) is 41.0. The van der Waals surface area contributed by atoms with Crippen LogP contribution in [0.3, 0.4) is 0 Å². The number of hydrogen-bond acceptors (Lipinski definition) is 11. The molecule has 1 heterocycles. The maximum Gasteiger partial charge on any atom is 2.00 e. The molecule has 1 fully saturated rings. The molecule has 319 valence electrons. The van der Waals surface area contributed by atoms with E-state index in [2.05, 4.69) is 120 Å². The summed E-state index contributed by atoms with van der Waals surface area (Å²) >= 11 is 0. The number of carbonyl (C=O) groups is 3. The van der Waals surface area contributed by atoms with Gasteiger partial charge in [-0.3, -0.25) is 19.6 Å². The van der Waals surface area contributed by atoms with Crippen molar-refractivity contribution in [2.75, 3.05) is 79.1 Å². The fourth-order valence-electron chi connectivity index (χ4n) is 6.81. The van der Waals surface area contributed by atoms with Crippen LogP contribution in [0.2, 0.25) is 0 Å². The van der Waals surface area contributed by atoms with Gasteiger partial charge in [-0.25, -0.2) is 0 Å². The molecule has 0 spiro atoms. The molecule has 1 radical (unpaired) electrons. The minimum Gasteiger partial charge on any atom is -0.549 e. The molecule has 0 bridgehead atoms. The Bertz CT molecular complexity index is 1590. The van der Waals surface area contributed by atoms with Crippen LogP contribution in [0.15, 0.2) is 115 Å². The first-order valence-electron chi connectivity index (χ1n) is 17.8. The molecule has 1 aliphatic rings. The topological polar surface area (TPSA) is 280 Å². The van der Waals surface area contributed by atoms with E-state index in [0.29, 0.717) is 58.9 Å². The summed E-state index contributed by atoms with van der Waals surface area (Å²) in [5.41, 5.74) is 2.31. The first kappa shape index (κ1) is 56.0. The molecule has 0 saturated carbocycles. The molecular formula is C41H57MnN4O11P. The number of carboxylic acids is 3. The maximum atomic E-state index is 11.6. The van der Waals surface area contributed by atoms with Gasteiger partial charge in [0.15, 0.2) is 0 Å². The van der Waals surface area contributed by atoms with E-state index in [4.69, 9.17) is 5.11 Å². The minimum atomic E-state index is -2.07. The summed E-state index contributed by atoms with van der Waals surface area (Å²) < 4.78 is 0. The molecule has 0 aromatic heterocycles. The smallest absolute Gasteiger partial charge is 0.549 e. The quantitative estimate of drug-likeness (QED) is 0.0987. The number of hydrogen-bond donors (Lipinski definition) is 1. The number of aliphatic hydroxyl groups excluding tert-OH is 1. The third-order valence-electron chi connectivity index (χ3n) is 9.43. The van der Waals surface area contributed by atoms with E-state index < -0.39 is 25.2 Å². The molecule has 0 amide bonds. The zero-order chi connectivity index (χ0) is 38.1. The summed E-state index contributed by atoms with van der Waals surface area (Å²) in [6.07, 6.45) is 0.848. The number of carbonyl (C=O) groups excluding carboxylic acids is 3.